The topological polar surface area (TPSA) is 99.8 Å². The van der Waals surface area contributed by atoms with Crippen molar-refractivity contribution in [1.29, 1.82) is 0 Å². The van der Waals surface area contributed by atoms with Crippen LogP contribution in [0.2, 0.25) is 0 Å². The Kier molecular flexibility index (Phi) is 4.39. The van der Waals surface area contributed by atoms with Crippen LogP contribution in [0.15, 0.2) is 36.4 Å². The van der Waals surface area contributed by atoms with E-state index in [1.54, 1.807) is 6.07 Å². The molecule has 3 N–H and O–H groups in total. The van der Waals surface area contributed by atoms with Crippen molar-refractivity contribution >= 4 is 33.3 Å². The van der Waals surface area contributed by atoms with Crippen molar-refractivity contribution in [2.24, 2.45) is 0 Å². The molecule has 0 atom stereocenters. The molecule has 3 rings (SSSR count). The molecule has 0 aliphatic heterocycles. The Morgan fingerprint density at radius 1 is 1.17 bits per heavy atom. The lowest BCUT2D eigenvalue weighted by molar-refractivity contribution is -0.114. The molecule has 122 valence electrons. The lowest BCUT2D eigenvalue weighted by Gasteiger charge is -2.01. The van der Waals surface area contributed by atoms with Crippen LogP contribution in [0, 0.1) is 6.92 Å². The fourth-order valence-electron chi connectivity index (χ4n) is 2.11. The van der Waals surface area contributed by atoms with Gasteiger partial charge in [-0.05, 0) is 13.0 Å². The number of nitrogens with zero attached hydrogens (tertiary/aromatic N) is 2. The van der Waals surface area contributed by atoms with Crippen molar-refractivity contribution in [2.75, 3.05) is 10.6 Å². The van der Waals surface area contributed by atoms with Crippen molar-refractivity contribution in [2.45, 2.75) is 13.8 Å². The molecule has 1 aromatic carbocycles. The lowest BCUT2D eigenvalue weighted by atomic mass is 10.2. The molecule has 24 heavy (non-hydrogen) atoms. The second-order valence-electron chi connectivity index (χ2n) is 5.13. The number of H-pyrrole nitrogens is 1. The first-order valence-electron chi connectivity index (χ1n) is 7.20. The number of rotatable bonds is 4. The van der Waals surface area contributed by atoms with Crippen LogP contribution in [-0.4, -0.2) is 27.0 Å². The summed E-state index contributed by atoms with van der Waals surface area (Å²) in [5, 5.41) is 13.1. The van der Waals surface area contributed by atoms with Gasteiger partial charge in [0, 0.05) is 18.2 Å². The average molecular weight is 341 g/mol. The van der Waals surface area contributed by atoms with Crippen LogP contribution < -0.4 is 10.6 Å². The van der Waals surface area contributed by atoms with Gasteiger partial charge < -0.3 is 5.32 Å². The second-order valence-corrected chi connectivity index (χ2v) is 6.13. The molecule has 0 saturated heterocycles. The summed E-state index contributed by atoms with van der Waals surface area (Å²) in [5.74, 6) is -0.557. The molecular formula is C16H15N5O2S. The van der Waals surface area contributed by atoms with E-state index in [2.05, 4.69) is 25.8 Å². The highest BCUT2D eigenvalue weighted by Gasteiger charge is 2.17. The number of benzene rings is 1. The maximum Gasteiger partial charge on any atom is 0.277 e. The van der Waals surface area contributed by atoms with Crippen LogP contribution >= 0.6 is 11.3 Å². The number of thiazole rings is 1. The standard InChI is InChI=1S/C16H15N5O2S/c1-9-8-12(21-20-9)14(23)19-16-18-13(11-6-4-3-5-7-11)15(24-16)17-10(2)22/h3-8H,1-2H3,(H,17,22)(H,20,21)(H,18,19,23). The number of nitrogens with one attached hydrogen (secondary N) is 3. The van der Waals surface area contributed by atoms with E-state index in [9.17, 15) is 9.59 Å². The molecule has 0 bridgehead atoms. The predicted molar refractivity (Wildman–Crippen MR) is 93.1 cm³/mol. The molecule has 0 aliphatic rings. The van der Waals surface area contributed by atoms with Gasteiger partial charge in [-0.1, -0.05) is 41.7 Å². The Hall–Kier alpha value is -3.00. The van der Waals surface area contributed by atoms with Gasteiger partial charge in [0.25, 0.3) is 5.91 Å². The van der Waals surface area contributed by atoms with Gasteiger partial charge in [0.1, 0.15) is 10.7 Å². The van der Waals surface area contributed by atoms with E-state index in [1.807, 2.05) is 37.3 Å². The Balaban J connectivity index is 1.90. The zero-order chi connectivity index (χ0) is 17.1. The number of hydrogen-bond acceptors (Lipinski definition) is 5. The third-order valence-corrected chi connectivity index (χ3v) is 4.01. The molecule has 0 saturated carbocycles. The maximum absolute atomic E-state index is 12.2. The van der Waals surface area contributed by atoms with Crippen LogP contribution in [0.25, 0.3) is 11.3 Å². The number of aromatic amines is 1. The number of anilines is 2. The molecule has 0 radical (unpaired) electrons. The maximum atomic E-state index is 12.2. The Morgan fingerprint density at radius 3 is 2.54 bits per heavy atom. The SMILES string of the molecule is CC(=O)Nc1sc(NC(=O)c2cc(C)[nH]n2)nc1-c1ccccc1. The van der Waals surface area contributed by atoms with E-state index >= 15 is 0 Å². The van der Waals surface area contributed by atoms with Crippen molar-refractivity contribution in [3.63, 3.8) is 0 Å². The number of carbonyl (C=O) groups is 2. The minimum absolute atomic E-state index is 0.198. The molecule has 7 nitrogen and oxygen atoms in total. The molecule has 2 heterocycles. The molecule has 0 unspecified atom stereocenters. The summed E-state index contributed by atoms with van der Waals surface area (Å²) in [6, 6.07) is 11.1. The highest BCUT2D eigenvalue weighted by atomic mass is 32.1. The van der Waals surface area contributed by atoms with Crippen molar-refractivity contribution in [1.82, 2.24) is 15.2 Å². The smallest absolute Gasteiger partial charge is 0.277 e. The number of aromatic nitrogens is 3. The molecule has 0 spiro atoms. The van der Waals surface area contributed by atoms with Crippen LogP contribution in [0.3, 0.4) is 0 Å². The molecule has 0 fully saturated rings. The normalized spacial score (nSPS) is 10.4. The van der Waals surface area contributed by atoms with Crippen molar-refractivity contribution in [3.8, 4) is 11.3 Å². The van der Waals surface area contributed by atoms with Crippen LogP contribution in [0.4, 0.5) is 10.1 Å². The predicted octanol–water partition coefficient (Wildman–Crippen LogP) is 3.05. The third-order valence-electron chi connectivity index (χ3n) is 3.12. The molecule has 0 aliphatic carbocycles. The fraction of sp³-hybridized carbons (Fsp3) is 0.125. The van der Waals surface area contributed by atoms with E-state index in [-0.39, 0.29) is 17.5 Å². The van der Waals surface area contributed by atoms with Gasteiger partial charge in [-0.25, -0.2) is 4.98 Å². The monoisotopic (exact) mass is 341 g/mol. The minimum atomic E-state index is -0.359. The summed E-state index contributed by atoms with van der Waals surface area (Å²) in [4.78, 5) is 28.1. The van der Waals surface area contributed by atoms with Crippen molar-refractivity contribution in [3.05, 3.63) is 47.8 Å². The summed E-state index contributed by atoms with van der Waals surface area (Å²) in [6.07, 6.45) is 0. The highest BCUT2D eigenvalue weighted by Crippen LogP contribution is 2.35. The van der Waals surface area contributed by atoms with E-state index in [0.29, 0.717) is 15.8 Å². The van der Waals surface area contributed by atoms with Gasteiger partial charge in [0.15, 0.2) is 10.8 Å². The van der Waals surface area contributed by atoms with Crippen LogP contribution in [0.1, 0.15) is 23.1 Å². The van der Waals surface area contributed by atoms with Gasteiger partial charge in [-0.3, -0.25) is 20.0 Å². The van der Waals surface area contributed by atoms with Crippen LogP contribution in [-0.2, 0) is 4.79 Å². The Bertz CT molecular complexity index is 885. The second kappa shape index (κ2) is 6.63. The first-order chi connectivity index (χ1) is 11.5. The molecule has 8 heteroatoms. The van der Waals surface area contributed by atoms with Crippen LogP contribution in [0.5, 0.6) is 0 Å². The highest BCUT2D eigenvalue weighted by molar-refractivity contribution is 7.20. The summed E-state index contributed by atoms with van der Waals surface area (Å²) in [7, 11) is 0. The quantitative estimate of drug-likeness (QED) is 0.679. The van der Waals surface area contributed by atoms with Gasteiger partial charge in [-0.2, -0.15) is 5.10 Å². The van der Waals surface area contributed by atoms with Gasteiger partial charge >= 0.3 is 0 Å². The number of amides is 2. The zero-order valence-corrected chi connectivity index (χ0v) is 13.9. The van der Waals surface area contributed by atoms with Gasteiger partial charge in [-0.15, -0.1) is 0 Å². The number of aryl methyl sites for hydroxylation is 1. The van der Waals surface area contributed by atoms with Gasteiger partial charge in [0.2, 0.25) is 5.91 Å². The minimum Gasteiger partial charge on any atom is -0.316 e. The first kappa shape index (κ1) is 15.9. The number of hydrogen-bond donors (Lipinski definition) is 3. The fourth-order valence-corrected chi connectivity index (χ4v) is 3.03. The van der Waals surface area contributed by atoms with E-state index < -0.39 is 0 Å². The Morgan fingerprint density at radius 2 is 1.92 bits per heavy atom. The summed E-state index contributed by atoms with van der Waals surface area (Å²) in [6.45, 7) is 3.24. The Labute approximate surface area is 142 Å². The summed E-state index contributed by atoms with van der Waals surface area (Å²) in [5.41, 5.74) is 2.55. The van der Waals surface area contributed by atoms with Crippen molar-refractivity contribution < 1.29 is 9.59 Å². The molecule has 2 amide bonds. The van der Waals surface area contributed by atoms with E-state index in [4.69, 9.17) is 0 Å². The summed E-state index contributed by atoms with van der Waals surface area (Å²) < 4.78 is 0. The number of carbonyl (C=O) groups excluding carboxylic acids is 2. The third kappa shape index (κ3) is 3.49. The average Bonchev–Trinajstić information content (AvgIpc) is 3.14. The lowest BCUT2D eigenvalue weighted by Crippen LogP contribution is -2.12. The molecular weight excluding hydrogens is 326 g/mol. The van der Waals surface area contributed by atoms with Gasteiger partial charge in [0.05, 0.1) is 0 Å². The first-order valence-corrected chi connectivity index (χ1v) is 8.02. The van der Waals surface area contributed by atoms with E-state index in [1.165, 1.54) is 18.3 Å². The molecule has 3 aromatic rings. The summed E-state index contributed by atoms with van der Waals surface area (Å²) >= 11 is 1.20. The largest absolute Gasteiger partial charge is 0.316 e. The molecule has 2 aromatic heterocycles. The zero-order valence-electron chi connectivity index (χ0n) is 13.1. The van der Waals surface area contributed by atoms with E-state index in [0.717, 1.165) is 11.3 Å².